The molecule has 2 rings (SSSR count). The van der Waals surface area contributed by atoms with Gasteiger partial charge in [0.25, 0.3) is 0 Å². The fourth-order valence-corrected chi connectivity index (χ4v) is 2.04. The molecule has 0 unspecified atom stereocenters. The van der Waals surface area contributed by atoms with E-state index in [4.69, 9.17) is 17.4 Å². The average Bonchev–Trinajstić information content (AvgIpc) is 2.29. The van der Waals surface area contributed by atoms with Gasteiger partial charge in [-0.15, -0.1) is 0 Å². The largest absolute Gasteiger partial charge is 0.308 e. The van der Waals surface area contributed by atoms with Crippen LogP contribution in [0.1, 0.15) is 30.9 Å². The quantitative estimate of drug-likeness (QED) is 0.632. The molecule has 0 atom stereocenters. The Morgan fingerprint density at radius 3 is 2.59 bits per heavy atom. The SMILES string of the molecule is Cc1cc2cc(C(C)C)c(NN)nc2cc1Cl. The fraction of sp³-hybridized carbons (Fsp3) is 0.308. The minimum absolute atomic E-state index is 0.369. The van der Waals surface area contributed by atoms with Gasteiger partial charge in [0.1, 0.15) is 5.82 Å². The van der Waals surface area contributed by atoms with Gasteiger partial charge in [-0.25, -0.2) is 10.8 Å². The topological polar surface area (TPSA) is 50.9 Å². The van der Waals surface area contributed by atoms with E-state index in [-0.39, 0.29) is 0 Å². The second kappa shape index (κ2) is 4.51. The van der Waals surface area contributed by atoms with Crippen LogP contribution in [0.15, 0.2) is 18.2 Å². The first-order valence-electron chi connectivity index (χ1n) is 5.60. The lowest BCUT2D eigenvalue weighted by molar-refractivity contribution is 0.862. The van der Waals surface area contributed by atoms with Gasteiger partial charge in [0.15, 0.2) is 0 Å². The molecule has 90 valence electrons. The summed E-state index contributed by atoms with van der Waals surface area (Å²) >= 11 is 6.09. The zero-order valence-electron chi connectivity index (χ0n) is 10.2. The Bertz CT molecular complexity index is 564. The molecular weight excluding hydrogens is 234 g/mol. The van der Waals surface area contributed by atoms with E-state index in [1.165, 1.54) is 0 Å². The van der Waals surface area contributed by atoms with E-state index >= 15 is 0 Å². The molecular formula is C13H16ClN3. The molecule has 0 aliphatic carbocycles. The van der Waals surface area contributed by atoms with Crippen LogP contribution in [0, 0.1) is 6.92 Å². The number of halogens is 1. The molecule has 0 aliphatic heterocycles. The maximum atomic E-state index is 6.09. The summed E-state index contributed by atoms with van der Waals surface area (Å²) in [5.41, 5.74) is 5.68. The van der Waals surface area contributed by atoms with Crippen molar-refractivity contribution in [2.45, 2.75) is 26.7 Å². The number of anilines is 1. The maximum Gasteiger partial charge on any atom is 0.144 e. The molecule has 1 aromatic heterocycles. The average molecular weight is 250 g/mol. The van der Waals surface area contributed by atoms with Crippen LogP contribution in [0.2, 0.25) is 5.02 Å². The number of fused-ring (bicyclic) bond motifs is 1. The molecule has 3 nitrogen and oxygen atoms in total. The number of nitrogen functional groups attached to an aromatic ring is 1. The van der Waals surface area contributed by atoms with Crippen molar-refractivity contribution in [3.63, 3.8) is 0 Å². The van der Waals surface area contributed by atoms with Crippen molar-refractivity contribution in [3.05, 3.63) is 34.3 Å². The van der Waals surface area contributed by atoms with E-state index in [1.54, 1.807) is 0 Å². The number of nitrogens with two attached hydrogens (primary N) is 1. The molecule has 0 radical (unpaired) electrons. The van der Waals surface area contributed by atoms with Gasteiger partial charge in [0.2, 0.25) is 0 Å². The van der Waals surface area contributed by atoms with Crippen LogP contribution in [-0.4, -0.2) is 4.98 Å². The number of nitrogens with zero attached hydrogens (tertiary/aromatic N) is 1. The number of rotatable bonds is 2. The van der Waals surface area contributed by atoms with Crippen molar-refractivity contribution in [2.75, 3.05) is 5.43 Å². The smallest absolute Gasteiger partial charge is 0.144 e. The normalized spacial score (nSPS) is 11.2. The second-order valence-electron chi connectivity index (χ2n) is 4.52. The first-order valence-corrected chi connectivity index (χ1v) is 5.98. The molecule has 2 aromatic rings. The first-order chi connectivity index (χ1) is 8.02. The number of hydrogen-bond acceptors (Lipinski definition) is 3. The lowest BCUT2D eigenvalue weighted by atomic mass is 10.0. The summed E-state index contributed by atoms with van der Waals surface area (Å²) in [4.78, 5) is 4.50. The van der Waals surface area contributed by atoms with Gasteiger partial charge in [-0.1, -0.05) is 25.4 Å². The number of aryl methyl sites for hydroxylation is 1. The number of nitrogens with one attached hydrogen (secondary N) is 1. The van der Waals surface area contributed by atoms with Crippen LogP contribution < -0.4 is 11.3 Å². The highest BCUT2D eigenvalue weighted by molar-refractivity contribution is 6.32. The van der Waals surface area contributed by atoms with Crippen LogP contribution in [0.3, 0.4) is 0 Å². The van der Waals surface area contributed by atoms with Gasteiger partial charge in [-0.2, -0.15) is 0 Å². The Morgan fingerprint density at radius 1 is 1.29 bits per heavy atom. The Kier molecular flexibility index (Phi) is 3.22. The van der Waals surface area contributed by atoms with Crippen LogP contribution in [-0.2, 0) is 0 Å². The van der Waals surface area contributed by atoms with Crippen molar-refractivity contribution in [1.82, 2.24) is 4.98 Å². The molecule has 0 amide bonds. The highest BCUT2D eigenvalue weighted by Crippen LogP contribution is 2.29. The van der Waals surface area contributed by atoms with E-state index < -0.39 is 0 Å². The second-order valence-corrected chi connectivity index (χ2v) is 4.93. The molecule has 3 N–H and O–H groups in total. The Hall–Kier alpha value is -1.32. The van der Waals surface area contributed by atoms with Crippen LogP contribution in [0.25, 0.3) is 10.9 Å². The number of pyridine rings is 1. The molecule has 0 aliphatic rings. The summed E-state index contributed by atoms with van der Waals surface area (Å²) in [6.45, 7) is 6.23. The summed E-state index contributed by atoms with van der Waals surface area (Å²) in [5, 5.41) is 1.82. The Labute approximate surface area is 106 Å². The number of aromatic nitrogens is 1. The van der Waals surface area contributed by atoms with Gasteiger partial charge in [-0.3, -0.25) is 0 Å². The van der Waals surface area contributed by atoms with Crippen LogP contribution >= 0.6 is 11.6 Å². The molecule has 4 heteroatoms. The summed E-state index contributed by atoms with van der Waals surface area (Å²) < 4.78 is 0. The number of benzene rings is 1. The molecule has 0 saturated carbocycles. The van der Waals surface area contributed by atoms with E-state index in [9.17, 15) is 0 Å². The van der Waals surface area contributed by atoms with Crippen molar-refractivity contribution < 1.29 is 0 Å². The van der Waals surface area contributed by atoms with E-state index in [2.05, 4.69) is 36.4 Å². The molecule has 1 aromatic carbocycles. The molecule has 17 heavy (non-hydrogen) atoms. The summed E-state index contributed by atoms with van der Waals surface area (Å²) in [6, 6.07) is 6.04. The summed E-state index contributed by atoms with van der Waals surface area (Å²) in [7, 11) is 0. The van der Waals surface area contributed by atoms with Crippen molar-refractivity contribution >= 4 is 28.3 Å². The highest BCUT2D eigenvalue weighted by atomic mass is 35.5. The van der Waals surface area contributed by atoms with Gasteiger partial charge in [0, 0.05) is 10.4 Å². The molecule has 0 fully saturated rings. The van der Waals surface area contributed by atoms with Gasteiger partial charge in [-0.05, 0) is 42.2 Å². The third-order valence-corrected chi connectivity index (χ3v) is 3.29. The number of hydrogen-bond donors (Lipinski definition) is 2. The number of hydrazine groups is 1. The van der Waals surface area contributed by atoms with E-state index in [1.807, 2.05) is 13.0 Å². The zero-order chi connectivity index (χ0) is 12.6. The van der Waals surface area contributed by atoms with Crippen molar-refractivity contribution in [1.29, 1.82) is 0 Å². The fourth-order valence-electron chi connectivity index (χ4n) is 1.88. The minimum Gasteiger partial charge on any atom is -0.308 e. The highest BCUT2D eigenvalue weighted by Gasteiger charge is 2.10. The zero-order valence-corrected chi connectivity index (χ0v) is 11.0. The summed E-state index contributed by atoms with van der Waals surface area (Å²) in [5.74, 6) is 6.59. The third-order valence-electron chi connectivity index (χ3n) is 2.88. The third kappa shape index (κ3) is 2.21. The van der Waals surface area contributed by atoms with E-state index in [0.29, 0.717) is 11.7 Å². The molecule has 0 saturated heterocycles. The first kappa shape index (κ1) is 12.1. The maximum absolute atomic E-state index is 6.09. The lowest BCUT2D eigenvalue weighted by Crippen LogP contribution is -2.12. The van der Waals surface area contributed by atoms with Crippen molar-refractivity contribution in [3.8, 4) is 0 Å². The monoisotopic (exact) mass is 249 g/mol. The predicted molar refractivity (Wildman–Crippen MR) is 73.4 cm³/mol. The summed E-state index contributed by atoms with van der Waals surface area (Å²) in [6.07, 6.45) is 0. The Balaban J connectivity index is 2.74. The molecule has 0 spiro atoms. The van der Waals surface area contributed by atoms with E-state index in [0.717, 1.165) is 27.1 Å². The van der Waals surface area contributed by atoms with Gasteiger partial charge < -0.3 is 5.43 Å². The molecule has 1 heterocycles. The van der Waals surface area contributed by atoms with Crippen LogP contribution in [0.4, 0.5) is 5.82 Å². The standard InChI is InChI=1S/C13H16ClN3/c1-7(2)10-5-9-4-8(3)11(14)6-12(9)16-13(10)17-15/h4-7H,15H2,1-3H3,(H,16,17). The van der Waals surface area contributed by atoms with Gasteiger partial charge >= 0.3 is 0 Å². The molecule has 0 bridgehead atoms. The van der Waals surface area contributed by atoms with Crippen LogP contribution in [0.5, 0.6) is 0 Å². The minimum atomic E-state index is 0.369. The Morgan fingerprint density at radius 2 is 2.00 bits per heavy atom. The van der Waals surface area contributed by atoms with Gasteiger partial charge in [0.05, 0.1) is 5.52 Å². The predicted octanol–water partition coefficient (Wildman–Crippen LogP) is 3.61. The van der Waals surface area contributed by atoms with Crippen molar-refractivity contribution in [2.24, 2.45) is 5.84 Å². The lowest BCUT2D eigenvalue weighted by Gasteiger charge is -2.13.